The fraction of sp³-hybridized carbons (Fsp3) is 0.143. The zero-order valence-electron chi connectivity index (χ0n) is 10.6. The second-order valence-corrected chi connectivity index (χ2v) is 5.80. The first kappa shape index (κ1) is 13.4. The van der Waals surface area contributed by atoms with E-state index < -0.39 is 10.1 Å². The van der Waals surface area contributed by atoms with Gasteiger partial charge in [0.25, 0.3) is 0 Å². The van der Waals surface area contributed by atoms with Crippen LogP contribution in [0.15, 0.2) is 47.4 Å². The van der Waals surface area contributed by atoms with Gasteiger partial charge < -0.3 is 9.29 Å². The summed E-state index contributed by atoms with van der Waals surface area (Å²) >= 11 is 0. The Balaban J connectivity index is 2.39. The van der Waals surface area contributed by atoms with Crippen LogP contribution in [0.1, 0.15) is 11.1 Å². The third-order valence-electron chi connectivity index (χ3n) is 2.73. The molecule has 5 heteroatoms. The maximum atomic E-state index is 12.1. The minimum atomic E-state index is -3.89. The largest absolute Gasteiger partial charge is 0.508 e. The quantitative estimate of drug-likeness (QED) is 0.877. The summed E-state index contributed by atoms with van der Waals surface area (Å²) in [5.74, 6) is 0.349. The summed E-state index contributed by atoms with van der Waals surface area (Å²) < 4.78 is 29.4. The van der Waals surface area contributed by atoms with E-state index >= 15 is 0 Å². The van der Waals surface area contributed by atoms with Crippen LogP contribution in [0, 0.1) is 13.8 Å². The third kappa shape index (κ3) is 2.88. The van der Waals surface area contributed by atoms with E-state index in [1.165, 1.54) is 24.3 Å². The molecular weight excluding hydrogens is 264 g/mol. The Morgan fingerprint density at radius 3 is 2.00 bits per heavy atom. The van der Waals surface area contributed by atoms with Crippen molar-refractivity contribution in [2.45, 2.75) is 18.7 Å². The Kier molecular flexibility index (Phi) is 3.48. The van der Waals surface area contributed by atoms with Crippen molar-refractivity contribution in [3.8, 4) is 11.5 Å². The van der Waals surface area contributed by atoms with Crippen molar-refractivity contribution >= 4 is 10.1 Å². The van der Waals surface area contributed by atoms with Gasteiger partial charge in [-0.2, -0.15) is 8.42 Å². The fourth-order valence-electron chi connectivity index (χ4n) is 1.70. The summed E-state index contributed by atoms with van der Waals surface area (Å²) in [5, 5.41) is 9.16. The summed E-state index contributed by atoms with van der Waals surface area (Å²) in [6, 6.07) is 10.6. The van der Waals surface area contributed by atoms with Crippen molar-refractivity contribution in [2.24, 2.45) is 0 Å². The van der Waals surface area contributed by atoms with Gasteiger partial charge in [-0.25, -0.2) is 0 Å². The van der Waals surface area contributed by atoms with Crippen LogP contribution in [-0.4, -0.2) is 13.5 Å². The number of benzene rings is 2. The van der Waals surface area contributed by atoms with Crippen molar-refractivity contribution < 1.29 is 17.7 Å². The van der Waals surface area contributed by atoms with Gasteiger partial charge >= 0.3 is 10.1 Å². The number of hydrogen-bond donors (Lipinski definition) is 1. The molecule has 0 fully saturated rings. The highest BCUT2D eigenvalue weighted by Gasteiger charge is 2.18. The summed E-state index contributed by atoms with van der Waals surface area (Å²) in [7, 11) is -3.89. The van der Waals surface area contributed by atoms with Gasteiger partial charge in [0.05, 0.1) is 0 Å². The van der Waals surface area contributed by atoms with Crippen LogP contribution in [0.5, 0.6) is 11.5 Å². The molecule has 0 amide bonds. The average molecular weight is 278 g/mol. The van der Waals surface area contributed by atoms with Crippen LogP contribution in [0.2, 0.25) is 0 Å². The summed E-state index contributed by atoms with van der Waals surface area (Å²) in [6.07, 6.45) is 0. The van der Waals surface area contributed by atoms with Gasteiger partial charge in [0.2, 0.25) is 0 Å². The number of aryl methyl sites for hydroxylation is 2. The first-order valence-corrected chi connectivity index (χ1v) is 7.11. The van der Waals surface area contributed by atoms with Crippen LogP contribution < -0.4 is 4.18 Å². The monoisotopic (exact) mass is 278 g/mol. The predicted molar refractivity (Wildman–Crippen MR) is 71.8 cm³/mol. The van der Waals surface area contributed by atoms with Gasteiger partial charge in [-0.3, -0.25) is 0 Å². The number of phenols is 1. The number of rotatable bonds is 3. The van der Waals surface area contributed by atoms with Gasteiger partial charge in [0, 0.05) is 0 Å². The number of phenolic OH excluding ortho intramolecular Hbond substituents is 1. The molecule has 0 bridgehead atoms. The Morgan fingerprint density at radius 1 is 0.947 bits per heavy atom. The standard InChI is InChI=1S/C14H14O4S/c1-10-4-3-5-11(2)14(10)18-19(16,17)13-8-6-12(15)7-9-13/h3-9,15H,1-2H3. The third-order valence-corrected chi connectivity index (χ3v) is 3.96. The molecule has 0 saturated carbocycles. The van der Waals surface area contributed by atoms with E-state index in [9.17, 15) is 8.42 Å². The highest BCUT2D eigenvalue weighted by atomic mass is 32.2. The molecule has 19 heavy (non-hydrogen) atoms. The molecule has 0 aliphatic rings. The van der Waals surface area contributed by atoms with Crippen molar-refractivity contribution in [2.75, 3.05) is 0 Å². The van der Waals surface area contributed by atoms with E-state index in [4.69, 9.17) is 9.29 Å². The van der Waals surface area contributed by atoms with Crippen LogP contribution in [0.3, 0.4) is 0 Å². The molecule has 4 nitrogen and oxygen atoms in total. The molecule has 2 aromatic carbocycles. The lowest BCUT2D eigenvalue weighted by atomic mass is 10.1. The lowest BCUT2D eigenvalue weighted by Crippen LogP contribution is -2.11. The van der Waals surface area contributed by atoms with Crippen molar-refractivity contribution in [1.29, 1.82) is 0 Å². The Morgan fingerprint density at radius 2 is 1.47 bits per heavy atom. The topological polar surface area (TPSA) is 63.6 Å². The molecular formula is C14H14O4S. The van der Waals surface area contributed by atoms with Gasteiger partial charge in [-0.15, -0.1) is 0 Å². The lowest BCUT2D eigenvalue weighted by molar-refractivity contribution is 0.472. The van der Waals surface area contributed by atoms with E-state index in [-0.39, 0.29) is 10.6 Å². The Labute approximate surface area is 112 Å². The molecule has 0 aliphatic heterocycles. The zero-order chi connectivity index (χ0) is 14.0. The minimum absolute atomic E-state index is 0.00558. The molecule has 0 unspecified atom stereocenters. The minimum Gasteiger partial charge on any atom is -0.508 e. The van der Waals surface area contributed by atoms with E-state index in [2.05, 4.69) is 0 Å². The molecule has 2 aromatic rings. The Bertz CT molecular complexity index is 668. The summed E-state index contributed by atoms with van der Waals surface area (Å²) in [4.78, 5) is 0.00736. The number of para-hydroxylation sites is 1. The molecule has 0 atom stereocenters. The second kappa shape index (κ2) is 4.93. The molecule has 1 N–H and O–H groups in total. The molecule has 0 spiro atoms. The van der Waals surface area contributed by atoms with E-state index in [1.807, 2.05) is 6.07 Å². The molecule has 0 radical (unpaired) electrons. The molecule has 0 heterocycles. The Hall–Kier alpha value is -2.01. The van der Waals surface area contributed by atoms with Gasteiger partial charge in [0.1, 0.15) is 16.4 Å². The smallest absolute Gasteiger partial charge is 0.339 e. The summed E-state index contributed by atoms with van der Waals surface area (Å²) in [5.41, 5.74) is 1.50. The number of hydrogen-bond acceptors (Lipinski definition) is 4. The maximum absolute atomic E-state index is 12.1. The van der Waals surface area contributed by atoms with Gasteiger partial charge in [-0.1, -0.05) is 18.2 Å². The van der Waals surface area contributed by atoms with Crippen molar-refractivity contribution in [3.63, 3.8) is 0 Å². The highest BCUT2D eigenvalue weighted by molar-refractivity contribution is 7.87. The maximum Gasteiger partial charge on any atom is 0.339 e. The van der Waals surface area contributed by atoms with Crippen molar-refractivity contribution in [1.82, 2.24) is 0 Å². The normalized spacial score (nSPS) is 11.3. The van der Waals surface area contributed by atoms with Crippen LogP contribution in [0.4, 0.5) is 0 Å². The zero-order valence-corrected chi connectivity index (χ0v) is 11.4. The molecule has 100 valence electrons. The van der Waals surface area contributed by atoms with E-state index in [1.54, 1.807) is 26.0 Å². The SMILES string of the molecule is Cc1cccc(C)c1OS(=O)(=O)c1ccc(O)cc1. The summed E-state index contributed by atoms with van der Waals surface area (Å²) in [6.45, 7) is 3.57. The van der Waals surface area contributed by atoms with Crippen molar-refractivity contribution in [3.05, 3.63) is 53.6 Å². The van der Waals surface area contributed by atoms with Crippen LogP contribution in [-0.2, 0) is 10.1 Å². The molecule has 0 aliphatic carbocycles. The lowest BCUT2D eigenvalue weighted by Gasteiger charge is -2.11. The van der Waals surface area contributed by atoms with Crippen LogP contribution in [0.25, 0.3) is 0 Å². The van der Waals surface area contributed by atoms with E-state index in [0.29, 0.717) is 5.75 Å². The van der Waals surface area contributed by atoms with Crippen LogP contribution >= 0.6 is 0 Å². The molecule has 0 aromatic heterocycles. The molecule has 0 saturated heterocycles. The molecule has 2 rings (SSSR count). The second-order valence-electron chi connectivity index (χ2n) is 4.25. The van der Waals surface area contributed by atoms with Gasteiger partial charge in [-0.05, 0) is 49.2 Å². The average Bonchev–Trinajstić information content (AvgIpc) is 2.35. The highest BCUT2D eigenvalue weighted by Crippen LogP contribution is 2.26. The number of aromatic hydroxyl groups is 1. The first-order chi connectivity index (χ1) is 8.90. The van der Waals surface area contributed by atoms with E-state index in [0.717, 1.165) is 11.1 Å². The van der Waals surface area contributed by atoms with Gasteiger partial charge in [0.15, 0.2) is 0 Å². The first-order valence-electron chi connectivity index (χ1n) is 5.70. The fourth-order valence-corrected chi connectivity index (χ4v) is 2.75. The predicted octanol–water partition coefficient (Wildman–Crippen LogP) is 2.78.